The predicted molar refractivity (Wildman–Crippen MR) is 69.3 cm³/mol. The minimum atomic E-state index is -1.48. The summed E-state index contributed by atoms with van der Waals surface area (Å²) in [6.07, 6.45) is 0. The van der Waals surface area contributed by atoms with Crippen molar-refractivity contribution in [3.05, 3.63) is 56.5 Å². The molecule has 0 radical (unpaired) electrons. The molecule has 2 nitrogen and oxygen atoms in total. The van der Waals surface area contributed by atoms with Crippen molar-refractivity contribution in [2.75, 3.05) is 0 Å². The lowest BCUT2D eigenvalue weighted by Gasteiger charge is -2.16. The van der Waals surface area contributed by atoms with Crippen LogP contribution in [0.1, 0.15) is 26.9 Å². The molecule has 102 valence electrons. The first kappa shape index (κ1) is 14.0. The Morgan fingerprint density at radius 2 is 1.84 bits per heavy atom. The maximum absolute atomic E-state index is 13.8. The van der Waals surface area contributed by atoms with Gasteiger partial charge in [-0.05, 0) is 31.5 Å². The third-order valence-corrected chi connectivity index (χ3v) is 4.23. The van der Waals surface area contributed by atoms with Crippen molar-refractivity contribution in [3.8, 4) is 0 Å². The van der Waals surface area contributed by atoms with Gasteiger partial charge in [0.2, 0.25) is 0 Å². The molecule has 0 aliphatic rings. The summed E-state index contributed by atoms with van der Waals surface area (Å²) in [4.78, 5) is 1.82. The molecule has 19 heavy (non-hydrogen) atoms. The Morgan fingerprint density at radius 3 is 2.37 bits per heavy atom. The van der Waals surface area contributed by atoms with Gasteiger partial charge in [-0.2, -0.15) is 0 Å². The number of halogens is 3. The van der Waals surface area contributed by atoms with E-state index in [-0.39, 0.29) is 5.56 Å². The highest BCUT2D eigenvalue weighted by atomic mass is 32.1. The summed E-state index contributed by atoms with van der Waals surface area (Å²) in [5.41, 5.74) is 3.48. The maximum atomic E-state index is 13.8. The van der Waals surface area contributed by atoms with E-state index in [0.717, 1.165) is 21.4 Å². The van der Waals surface area contributed by atoms with Crippen molar-refractivity contribution < 1.29 is 13.2 Å². The van der Waals surface area contributed by atoms with Crippen molar-refractivity contribution in [1.29, 1.82) is 0 Å². The monoisotopic (exact) mass is 286 g/mol. The van der Waals surface area contributed by atoms with Gasteiger partial charge >= 0.3 is 0 Å². The van der Waals surface area contributed by atoms with Gasteiger partial charge in [-0.3, -0.25) is 5.84 Å². The van der Waals surface area contributed by atoms with Gasteiger partial charge in [0.1, 0.15) is 0 Å². The van der Waals surface area contributed by atoms with E-state index in [1.807, 2.05) is 19.9 Å². The summed E-state index contributed by atoms with van der Waals surface area (Å²) < 4.78 is 40.0. The number of thiophene rings is 1. The molecule has 0 amide bonds. The fourth-order valence-electron chi connectivity index (χ4n) is 1.83. The second kappa shape index (κ2) is 5.32. The van der Waals surface area contributed by atoms with E-state index in [2.05, 4.69) is 5.43 Å². The van der Waals surface area contributed by atoms with E-state index in [0.29, 0.717) is 0 Å². The molecule has 1 atom stereocenters. The highest BCUT2D eigenvalue weighted by molar-refractivity contribution is 7.12. The summed E-state index contributed by atoms with van der Waals surface area (Å²) in [6, 6.07) is 3.24. The minimum absolute atomic E-state index is 0.0114. The van der Waals surface area contributed by atoms with Crippen LogP contribution < -0.4 is 11.3 Å². The normalized spacial score (nSPS) is 12.7. The summed E-state index contributed by atoms with van der Waals surface area (Å²) in [7, 11) is 0. The van der Waals surface area contributed by atoms with Crippen molar-refractivity contribution in [2.24, 2.45) is 5.84 Å². The first-order chi connectivity index (χ1) is 8.95. The van der Waals surface area contributed by atoms with Gasteiger partial charge in [-0.1, -0.05) is 6.07 Å². The van der Waals surface area contributed by atoms with Gasteiger partial charge in [0, 0.05) is 15.3 Å². The molecule has 0 saturated heterocycles. The van der Waals surface area contributed by atoms with Crippen molar-refractivity contribution in [1.82, 2.24) is 5.43 Å². The molecule has 1 unspecified atom stereocenters. The van der Waals surface area contributed by atoms with Crippen LogP contribution in [0.5, 0.6) is 0 Å². The van der Waals surface area contributed by atoms with Gasteiger partial charge < -0.3 is 0 Å². The van der Waals surface area contributed by atoms with Crippen LogP contribution in [0.4, 0.5) is 13.2 Å². The molecular formula is C13H13F3N2S. The number of nitrogens with one attached hydrogen (secondary N) is 1. The number of hydrogen-bond acceptors (Lipinski definition) is 3. The predicted octanol–water partition coefficient (Wildman–Crippen LogP) is 3.33. The molecule has 0 saturated carbocycles. The van der Waals surface area contributed by atoms with Crippen LogP contribution in [-0.4, -0.2) is 0 Å². The number of aryl methyl sites for hydroxylation is 2. The summed E-state index contributed by atoms with van der Waals surface area (Å²) in [5.74, 6) is 1.51. The molecule has 0 aliphatic heterocycles. The molecule has 0 bridgehead atoms. The Bertz CT molecular complexity index is 591. The van der Waals surface area contributed by atoms with Crippen molar-refractivity contribution >= 4 is 11.3 Å². The van der Waals surface area contributed by atoms with E-state index >= 15 is 0 Å². The zero-order chi connectivity index (χ0) is 14.2. The second-order valence-electron chi connectivity index (χ2n) is 4.25. The lowest BCUT2D eigenvalue weighted by Crippen LogP contribution is -2.29. The number of rotatable bonds is 3. The van der Waals surface area contributed by atoms with Crippen LogP contribution in [0, 0.1) is 31.3 Å². The molecule has 0 aliphatic carbocycles. The van der Waals surface area contributed by atoms with E-state index in [1.54, 1.807) is 0 Å². The maximum Gasteiger partial charge on any atom is 0.194 e. The van der Waals surface area contributed by atoms with Crippen molar-refractivity contribution in [3.63, 3.8) is 0 Å². The number of hydrazine groups is 1. The number of nitrogens with two attached hydrogens (primary N) is 1. The smallest absolute Gasteiger partial charge is 0.194 e. The van der Waals surface area contributed by atoms with Crippen LogP contribution in [0.3, 0.4) is 0 Å². The summed E-state index contributed by atoms with van der Waals surface area (Å²) >= 11 is 1.44. The van der Waals surface area contributed by atoms with Gasteiger partial charge in [0.15, 0.2) is 17.5 Å². The Labute approximate surface area is 113 Å². The molecule has 1 heterocycles. The zero-order valence-corrected chi connectivity index (χ0v) is 11.2. The Hall–Kier alpha value is -1.37. The molecule has 1 aromatic heterocycles. The molecule has 2 aromatic rings. The lowest BCUT2D eigenvalue weighted by atomic mass is 10.0. The quantitative estimate of drug-likeness (QED) is 0.516. The van der Waals surface area contributed by atoms with E-state index in [4.69, 9.17) is 5.84 Å². The van der Waals surface area contributed by atoms with Crippen LogP contribution in [0.2, 0.25) is 0 Å². The molecule has 6 heteroatoms. The largest absolute Gasteiger partial charge is 0.271 e. The third kappa shape index (κ3) is 2.51. The number of benzene rings is 1. The third-order valence-electron chi connectivity index (χ3n) is 3.01. The minimum Gasteiger partial charge on any atom is -0.271 e. The van der Waals surface area contributed by atoms with Crippen LogP contribution in [0.25, 0.3) is 0 Å². The summed E-state index contributed by atoms with van der Waals surface area (Å²) in [5, 5.41) is 0. The first-order valence-corrected chi connectivity index (χ1v) is 6.43. The van der Waals surface area contributed by atoms with E-state index in [1.165, 1.54) is 17.4 Å². The van der Waals surface area contributed by atoms with Gasteiger partial charge in [0.05, 0.1) is 6.04 Å². The van der Waals surface area contributed by atoms with Gasteiger partial charge in [-0.15, -0.1) is 11.3 Å². The van der Waals surface area contributed by atoms with Crippen LogP contribution in [0.15, 0.2) is 18.2 Å². The Kier molecular flexibility index (Phi) is 3.93. The second-order valence-corrected chi connectivity index (χ2v) is 5.54. The van der Waals surface area contributed by atoms with Crippen LogP contribution in [-0.2, 0) is 0 Å². The standard InChI is InChI=1S/C13H13F3N2S/c1-6-5-10(19-7(6)2)13(18-17)8-3-4-9(14)12(16)11(8)15/h3-5,13,18H,17H2,1-2H3. The SMILES string of the molecule is Cc1cc(C(NN)c2ccc(F)c(F)c2F)sc1C. The first-order valence-electron chi connectivity index (χ1n) is 5.62. The summed E-state index contributed by atoms with van der Waals surface area (Å²) in [6.45, 7) is 3.85. The van der Waals surface area contributed by atoms with Gasteiger partial charge in [0.25, 0.3) is 0 Å². The molecular weight excluding hydrogens is 273 g/mol. The highest BCUT2D eigenvalue weighted by Gasteiger charge is 2.23. The fraction of sp³-hybridized carbons (Fsp3) is 0.231. The van der Waals surface area contributed by atoms with E-state index in [9.17, 15) is 13.2 Å². The molecule has 0 fully saturated rings. The zero-order valence-electron chi connectivity index (χ0n) is 10.4. The van der Waals surface area contributed by atoms with Crippen LogP contribution >= 0.6 is 11.3 Å². The Balaban J connectivity index is 2.51. The van der Waals surface area contributed by atoms with Crippen molar-refractivity contribution in [2.45, 2.75) is 19.9 Å². The average Bonchev–Trinajstić information content (AvgIpc) is 2.70. The molecule has 0 spiro atoms. The average molecular weight is 286 g/mol. The topological polar surface area (TPSA) is 38.0 Å². The number of hydrogen-bond donors (Lipinski definition) is 2. The lowest BCUT2D eigenvalue weighted by molar-refractivity contribution is 0.434. The molecule has 3 N–H and O–H groups in total. The molecule has 1 aromatic carbocycles. The van der Waals surface area contributed by atoms with Gasteiger partial charge in [-0.25, -0.2) is 18.6 Å². The van der Waals surface area contributed by atoms with E-state index < -0.39 is 23.5 Å². The highest BCUT2D eigenvalue weighted by Crippen LogP contribution is 2.32. The molecule has 2 rings (SSSR count). The Morgan fingerprint density at radius 1 is 1.16 bits per heavy atom. The fourth-order valence-corrected chi connectivity index (χ4v) is 2.95.